The summed E-state index contributed by atoms with van der Waals surface area (Å²) in [5.74, 6) is 0.391. The molecule has 1 N–H and O–H groups in total. The first-order valence-corrected chi connectivity index (χ1v) is 7.67. The van der Waals surface area contributed by atoms with Crippen LogP contribution in [0.15, 0.2) is 30.9 Å². The summed E-state index contributed by atoms with van der Waals surface area (Å²) in [4.78, 5) is 27.4. The van der Waals surface area contributed by atoms with Gasteiger partial charge in [0.2, 0.25) is 11.8 Å². The van der Waals surface area contributed by atoms with Crippen molar-refractivity contribution in [3.05, 3.63) is 35.9 Å². The molecule has 0 aromatic heterocycles. The van der Waals surface area contributed by atoms with E-state index >= 15 is 0 Å². The van der Waals surface area contributed by atoms with Gasteiger partial charge < -0.3 is 15.0 Å². The molecule has 0 spiro atoms. The molecule has 23 heavy (non-hydrogen) atoms. The van der Waals surface area contributed by atoms with Gasteiger partial charge in [0.25, 0.3) is 0 Å². The van der Waals surface area contributed by atoms with Gasteiger partial charge >= 0.3 is 0 Å². The van der Waals surface area contributed by atoms with E-state index in [2.05, 4.69) is 11.9 Å². The monoisotopic (exact) mass is 337 g/mol. The van der Waals surface area contributed by atoms with Crippen molar-refractivity contribution in [3.63, 3.8) is 0 Å². The molecule has 6 nitrogen and oxygen atoms in total. The largest absolute Gasteiger partial charge is 0.497 e. The third-order valence-electron chi connectivity index (χ3n) is 3.62. The summed E-state index contributed by atoms with van der Waals surface area (Å²) in [7, 11) is 1.54. The lowest BCUT2D eigenvalue weighted by molar-refractivity contribution is -0.128. The molecular formula is C16H20ClN3O3. The van der Waals surface area contributed by atoms with E-state index in [9.17, 15) is 9.59 Å². The van der Waals surface area contributed by atoms with Gasteiger partial charge in [-0.05, 0) is 18.2 Å². The lowest BCUT2D eigenvalue weighted by atomic mass is 10.2. The number of anilines is 1. The highest BCUT2D eigenvalue weighted by Gasteiger charge is 2.21. The topological polar surface area (TPSA) is 61.9 Å². The number of hydrogen-bond acceptors (Lipinski definition) is 4. The van der Waals surface area contributed by atoms with Crippen molar-refractivity contribution < 1.29 is 14.3 Å². The summed E-state index contributed by atoms with van der Waals surface area (Å²) in [5, 5.41) is 3.30. The number of halogens is 1. The molecule has 1 aromatic rings. The van der Waals surface area contributed by atoms with Gasteiger partial charge in [0.1, 0.15) is 5.75 Å². The van der Waals surface area contributed by atoms with Gasteiger partial charge in [-0.25, -0.2) is 0 Å². The van der Waals surface area contributed by atoms with E-state index in [1.807, 2.05) is 4.90 Å². The first-order chi connectivity index (χ1) is 11.0. The molecule has 0 unspecified atom stereocenters. The smallest absolute Gasteiger partial charge is 0.246 e. The highest BCUT2D eigenvalue weighted by Crippen LogP contribution is 2.24. The van der Waals surface area contributed by atoms with Crippen molar-refractivity contribution in [2.24, 2.45) is 0 Å². The van der Waals surface area contributed by atoms with Crippen LogP contribution >= 0.6 is 11.6 Å². The number of carbonyl (C=O) groups is 2. The van der Waals surface area contributed by atoms with Crippen LogP contribution in [0.2, 0.25) is 5.02 Å². The van der Waals surface area contributed by atoms with E-state index in [1.165, 1.54) is 6.08 Å². The van der Waals surface area contributed by atoms with E-state index in [4.69, 9.17) is 16.3 Å². The Morgan fingerprint density at radius 3 is 2.61 bits per heavy atom. The summed E-state index contributed by atoms with van der Waals surface area (Å²) >= 11 is 5.98. The van der Waals surface area contributed by atoms with Gasteiger partial charge in [0.15, 0.2) is 0 Å². The third kappa shape index (κ3) is 4.97. The van der Waals surface area contributed by atoms with Gasteiger partial charge in [0.05, 0.1) is 13.7 Å². The van der Waals surface area contributed by atoms with E-state index in [-0.39, 0.29) is 18.4 Å². The molecule has 1 saturated heterocycles. The van der Waals surface area contributed by atoms with Crippen molar-refractivity contribution in [3.8, 4) is 5.75 Å². The minimum Gasteiger partial charge on any atom is -0.497 e. The van der Waals surface area contributed by atoms with Crippen LogP contribution in [0.25, 0.3) is 0 Å². The molecule has 7 heteroatoms. The number of hydrogen-bond donors (Lipinski definition) is 1. The number of amides is 2. The van der Waals surface area contributed by atoms with Crippen molar-refractivity contribution in [1.82, 2.24) is 9.80 Å². The summed E-state index contributed by atoms with van der Waals surface area (Å²) in [6, 6.07) is 5.06. The average molecular weight is 338 g/mol. The Kier molecular flexibility index (Phi) is 6.01. The van der Waals surface area contributed by atoms with E-state index in [0.29, 0.717) is 42.6 Å². The van der Waals surface area contributed by atoms with E-state index in [0.717, 1.165) is 0 Å². The molecule has 0 saturated carbocycles. The Hall–Kier alpha value is -2.05. The Labute approximate surface area is 140 Å². The molecule has 1 aromatic carbocycles. The molecule has 2 rings (SSSR count). The van der Waals surface area contributed by atoms with Gasteiger partial charge in [0, 0.05) is 43.0 Å². The second-order valence-electron chi connectivity index (χ2n) is 5.23. The third-order valence-corrected chi connectivity index (χ3v) is 3.83. The van der Waals surface area contributed by atoms with Crippen LogP contribution in [0.4, 0.5) is 5.69 Å². The van der Waals surface area contributed by atoms with Gasteiger partial charge in [-0.2, -0.15) is 0 Å². The minimum atomic E-state index is -0.127. The molecule has 0 radical (unpaired) electrons. The fraction of sp³-hybridized carbons (Fsp3) is 0.375. The molecular weight excluding hydrogens is 318 g/mol. The van der Waals surface area contributed by atoms with E-state index in [1.54, 1.807) is 30.2 Å². The summed E-state index contributed by atoms with van der Waals surface area (Å²) in [6.45, 7) is 6.27. The molecule has 1 aliphatic rings. The SMILES string of the molecule is C=CC(=O)N1CCN(CC(=O)Nc2cc(Cl)cc(OC)c2)CC1. The van der Waals surface area contributed by atoms with E-state index < -0.39 is 0 Å². The van der Waals surface area contributed by atoms with Crippen LogP contribution in [0.3, 0.4) is 0 Å². The second-order valence-corrected chi connectivity index (χ2v) is 5.67. The second kappa shape index (κ2) is 7.99. The molecule has 2 amide bonds. The molecule has 1 fully saturated rings. The molecule has 1 aliphatic heterocycles. The predicted octanol–water partition coefficient (Wildman–Crippen LogP) is 1.62. The quantitative estimate of drug-likeness (QED) is 0.829. The Bertz CT molecular complexity index is 598. The molecule has 0 aliphatic carbocycles. The zero-order chi connectivity index (χ0) is 16.8. The van der Waals surface area contributed by atoms with Gasteiger partial charge in [-0.1, -0.05) is 18.2 Å². The first kappa shape index (κ1) is 17.3. The molecule has 124 valence electrons. The zero-order valence-electron chi connectivity index (χ0n) is 13.0. The van der Waals surface area contributed by atoms with Gasteiger partial charge in [-0.15, -0.1) is 0 Å². The summed E-state index contributed by atoms with van der Waals surface area (Å²) in [5.41, 5.74) is 0.597. The maximum absolute atomic E-state index is 12.1. The number of ether oxygens (including phenoxy) is 1. The molecule has 0 atom stereocenters. The fourth-order valence-corrected chi connectivity index (χ4v) is 2.64. The Morgan fingerprint density at radius 2 is 2.00 bits per heavy atom. The summed E-state index contributed by atoms with van der Waals surface area (Å²) < 4.78 is 5.12. The predicted molar refractivity (Wildman–Crippen MR) is 89.9 cm³/mol. The maximum atomic E-state index is 12.1. The van der Waals surface area contributed by atoms with Crippen molar-refractivity contribution in [2.75, 3.05) is 45.2 Å². The number of nitrogens with zero attached hydrogens (tertiary/aromatic N) is 2. The number of carbonyl (C=O) groups excluding carboxylic acids is 2. The number of piperazine rings is 1. The standard InChI is InChI=1S/C16H20ClN3O3/c1-3-16(22)20-6-4-19(5-7-20)11-15(21)18-13-8-12(17)9-14(10-13)23-2/h3,8-10H,1,4-7,11H2,2H3,(H,18,21). The lowest BCUT2D eigenvalue weighted by Gasteiger charge is -2.33. The fourth-order valence-electron chi connectivity index (χ4n) is 2.41. The number of methoxy groups -OCH3 is 1. The minimum absolute atomic E-state index is 0.0693. The lowest BCUT2D eigenvalue weighted by Crippen LogP contribution is -2.50. The highest BCUT2D eigenvalue weighted by atomic mass is 35.5. The van der Waals surface area contributed by atoms with Crippen molar-refractivity contribution >= 4 is 29.1 Å². The number of nitrogens with one attached hydrogen (secondary N) is 1. The highest BCUT2D eigenvalue weighted by molar-refractivity contribution is 6.31. The van der Waals surface area contributed by atoms with Crippen molar-refractivity contribution in [1.29, 1.82) is 0 Å². The summed E-state index contributed by atoms with van der Waals surface area (Å²) in [6.07, 6.45) is 1.31. The Morgan fingerprint density at radius 1 is 1.30 bits per heavy atom. The van der Waals surface area contributed by atoms with Crippen LogP contribution in [0.1, 0.15) is 0 Å². The normalized spacial score (nSPS) is 15.1. The van der Waals surface area contributed by atoms with Crippen LogP contribution in [0.5, 0.6) is 5.75 Å². The van der Waals surface area contributed by atoms with Crippen molar-refractivity contribution in [2.45, 2.75) is 0 Å². The number of rotatable bonds is 5. The Balaban J connectivity index is 1.85. The van der Waals surface area contributed by atoms with Crippen LogP contribution < -0.4 is 10.1 Å². The van der Waals surface area contributed by atoms with Gasteiger partial charge in [-0.3, -0.25) is 14.5 Å². The number of benzene rings is 1. The van der Waals surface area contributed by atoms with Crippen LogP contribution in [0, 0.1) is 0 Å². The molecule has 1 heterocycles. The molecule has 0 bridgehead atoms. The van der Waals surface area contributed by atoms with Crippen LogP contribution in [-0.2, 0) is 9.59 Å². The maximum Gasteiger partial charge on any atom is 0.246 e. The first-order valence-electron chi connectivity index (χ1n) is 7.30. The zero-order valence-corrected chi connectivity index (χ0v) is 13.8. The average Bonchev–Trinajstić information content (AvgIpc) is 2.54. The van der Waals surface area contributed by atoms with Crippen LogP contribution in [-0.4, -0.2) is 61.4 Å².